The van der Waals surface area contributed by atoms with Gasteiger partial charge in [0.15, 0.2) is 0 Å². The minimum atomic E-state index is -1.49. The molecule has 0 bridgehead atoms. The number of carbonyl (C=O) groups excluding carboxylic acids is 3. The van der Waals surface area contributed by atoms with Crippen molar-refractivity contribution in [1.82, 2.24) is 4.90 Å². The topological polar surface area (TPSA) is 130 Å². The number of primary amides is 1. The number of nitrogens with zero attached hydrogens (tertiary/aromatic N) is 2. The predicted molar refractivity (Wildman–Crippen MR) is 107 cm³/mol. The van der Waals surface area contributed by atoms with Gasteiger partial charge < -0.3 is 20.5 Å². The Labute approximate surface area is 173 Å². The number of aliphatic carboxylic acids is 1. The molecule has 1 aromatic rings. The molecule has 0 radical (unpaired) electrons. The van der Waals surface area contributed by atoms with Crippen molar-refractivity contribution in [3.05, 3.63) is 17.5 Å². The molecular weight excluding hydrogens is 426 g/mol. The Morgan fingerprint density at radius 3 is 2.71 bits per heavy atom. The minimum Gasteiger partial charge on any atom is -0.481 e. The van der Waals surface area contributed by atoms with E-state index in [-0.39, 0.29) is 23.7 Å². The number of carboxylic acids is 1. The number of anilines is 1. The Bertz CT molecular complexity index is 804. The Morgan fingerprint density at radius 1 is 1.50 bits per heavy atom. The van der Waals surface area contributed by atoms with Gasteiger partial charge in [-0.1, -0.05) is 0 Å². The van der Waals surface area contributed by atoms with Crippen molar-refractivity contribution in [3.63, 3.8) is 0 Å². The number of carbonyl (C=O) groups is 4. The fourth-order valence-electron chi connectivity index (χ4n) is 3.41. The quantitative estimate of drug-likeness (QED) is 0.626. The van der Waals surface area contributed by atoms with Crippen LogP contribution < -0.4 is 10.6 Å². The summed E-state index contributed by atoms with van der Waals surface area (Å²) in [6.45, 7) is 0.848. The van der Waals surface area contributed by atoms with Gasteiger partial charge in [0.05, 0.1) is 9.58 Å². The van der Waals surface area contributed by atoms with Crippen LogP contribution in [0.5, 0.6) is 0 Å². The van der Waals surface area contributed by atoms with Gasteiger partial charge in [0.25, 0.3) is 0 Å². The normalized spacial score (nSPS) is 28.9. The second-order valence-corrected chi connectivity index (χ2v) is 9.81. The minimum absolute atomic E-state index is 0.121. The van der Waals surface area contributed by atoms with E-state index in [2.05, 4.69) is 0 Å². The molecule has 2 aliphatic rings. The molecule has 0 aromatic carbocycles. The molecule has 3 rings (SSSR count). The van der Waals surface area contributed by atoms with E-state index in [0.29, 0.717) is 5.00 Å². The number of carboxylic acid groups (broad SMARTS) is 1. The van der Waals surface area contributed by atoms with Crippen LogP contribution in [0, 0.1) is 5.41 Å². The van der Waals surface area contributed by atoms with Crippen molar-refractivity contribution in [2.24, 2.45) is 11.1 Å². The predicted octanol–water partition coefficient (Wildman–Crippen LogP) is 1.24. The third-order valence-electron chi connectivity index (χ3n) is 4.75. The third kappa shape index (κ3) is 3.33. The van der Waals surface area contributed by atoms with Crippen LogP contribution in [0.15, 0.2) is 17.5 Å². The fraction of sp³-hybridized carbons (Fsp3) is 0.500. The van der Waals surface area contributed by atoms with E-state index in [1.54, 1.807) is 18.4 Å². The zero-order valence-electron chi connectivity index (χ0n) is 15.1. The number of hydrogen-bond donors (Lipinski definition) is 2. The Morgan fingerprint density at radius 2 is 2.21 bits per heavy atom. The highest BCUT2D eigenvalue weighted by Crippen LogP contribution is 2.52. The monoisotopic (exact) mass is 445 g/mol. The molecule has 0 aliphatic carbocycles. The van der Waals surface area contributed by atoms with E-state index in [1.165, 1.54) is 51.6 Å². The molecule has 12 heteroatoms. The molecule has 2 saturated heterocycles. The van der Waals surface area contributed by atoms with Crippen molar-refractivity contribution >= 4 is 63.7 Å². The van der Waals surface area contributed by atoms with Gasteiger partial charge in [0, 0.05) is 13.5 Å². The first kappa shape index (κ1) is 20.8. The van der Waals surface area contributed by atoms with Crippen LogP contribution in [0.25, 0.3) is 0 Å². The molecule has 4 atom stereocenters. The number of rotatable bonds is 6. The fourth-order valence-corrected chi connectivity index (χ4v) is 7.17. The van der Waals surface area contributed by atoms with Crippen molar-refractivity contribution in [1.29, 1.82) is 0 Å². The molecule has 3 amide bonds. The highest BCUT2D eigenvalue weighted by molar-refractivity contribution is 8.17. The molecule has 1 aromatic heterocycles. The van der Waals surface area contributed by atoms with Crippen LogP contribution in [0.2, 0.25) is 0 Å². The van der Waals surface area contributed by atoms with Gasteiger partial charge in [-0.25, -0.2) is 4.79 Å². The molecule has 3 N–H and O–H groups in total. The van der Waals surface area contributed by atoms with Gasteiger partial charge in [-0.15, -0.1) is 34.9 Å². The second kappa shape index (κ2) is 7.84. The average Bonchev–Trinajstić information content (AvgIpc) is 3.16. The Kier molecular flexibility index (Phi) is 5.82. The average molecular weight is 446 g/mol. The maximum atomic E-state index is 12.9. The summed E-state index contributed by atoms with van der Waals surface area (Å²) in [5, 5.41) is 12.0. The number of fused-ring (bicyclic) bond motifs is 1. The van der Waals surface area contributed by atoms with Gasteiger partial charge in [-0.05, 0) is 23.8 Å². The number of thiophene rings is 1. The van der Waals surface area contributed by atoms with E-state index >= 15 is 0 Å². The SMILES string of the molecule is CSC1S[C@@H]2C(N(C(C)=O)c3cccs3)C(=O)N2CC1(COC(N)=O)C(=O)O. The number of amides is 3. The van der Waals surface area contributed by atoms with Crippen LogP contribution in [-0.4, -0.2) is 69.3 Å². The van der Waals surface area contributed by atoms with E-state index < -0.39 is 34.7 Å². The van der Waals surface area contributed by atoms with E-state index in [0.717, 1.165) is 0 Å². The van der Waals surface area contributed by atoms with Gasteiger partial charge in [-0.3, -0.25) is 19.3 Å². The maximum Gasteiger partial charge on any atom is 0.404 e. The Balaban J connectivity index is 1.89. The van der Waals surface area contributed by atoms with Crippen LogP contribution in [0.1, 0.15) is 6.92 Å². The zero-order chi connectivity index (χ0) is 20.6. The van der Waals surface area contributed by atoms with Crippen molar-refractivity contribution < 1.29 is 29.0 Å². The lowest BCUT2D eigenvalue weighted by atomic mass is 9.87. The van der Waals surface area contributed by atoms with Gasteiger partial charge in [0.1, 0.15) is 23.4 Å². The summed E-state index contributed by atoms with van der Waals surface area (Å²) in [5.41, 5.74) is 3.53. The van der Waals surface area contributed by atoms with Crippen molar-refractivity contribution in [2.45, 2.75) is 22.9 Å². The highest BCUT2D eigenvalue weighted by Gasteiger charge is 2.63. The molecule has 9 nitrogen and oxygen atoms in total. The number of ether oxygens (including phenoxy) is 1. The summed E-state index contributed by atoms with van der Waals surface area (Å²) in [6, 6.07) is 2.87. The number of hydrogen-bond acceptors (Lipinski definition) is 8. The maximum absolute atomic E-state index is 12.9. The summed E-state index contributed by atoms with van der Waals surface area (Å²) >= 11 is 3.95. The molecule has 152 valence electrons. The van der Waals surface area contributed by atoms with Gasteiger partial charge in [-0.2, -0.15) is 0 Å². The largest absolute Gasteiger partial charge is 0.481 e. The van der Waals surface area contributed by atoms with Crippen LogP contribution >= 0.6 is 34.9 Å². The Hall–Kier alpha value is -1.92. The number of nitrogens with two attached hydrogens (primary N) is 1. The first-order chi connectivity index (χ1) is 13.2. The molecule has 2 aliphatic heterocycles. The van der Waals surface area contributed by atoms with E-state index in [4.69, 9.17) is 10.5 Å². The highest BCUT2D eigenvalue weighted by atomic mass is 32.2. The molecule has 0 spiro atoms. The lowest BCUT2D eigenvalue weighted by Gasteiger charge is -2.57. The number of β-lactam (4-membered cyclic amide) rings is 1. The first-order valence-electron chi connectivity index (χ1n) is 8.20. The molecule has 3 heterocycles. The molecular formula is C16H19N3O6S3. The molecule has 28 heavy (non-hydrogen) atoms. The summed E-state index contributed by atoms with van der Waals surface area (Å²) in [4.78, 5) is 51.1. The first-order valence-corrected chi connectivity index (χ1v) is 11.3. The second-order valence-electron chi connectivity index (χ2n) is 6.41. The van der Waals surface area contributed by atoms with E-state index in [1.807, 2.05) is 5.38 Å². The van der Waals surface area contributed by atoms with Crippen molar-refractivity contribution in [3.8, 4) is 0 Å². The summed E-state index contributed by atoms with van der Waals surface area (Å²) in [7, 11) is 0. The van der Waals surface area contributed by atoms with Gasteiger partial charge in [0.2, 0.25) is 11.8 Å². The standard InChI is InChI=1S/C16H19N3O6S3/c1-8(20)19(9-4-3-5-27-9)10-11(21)18-6-16(13(22)23,7-25-15(17)24)14(26-2)28-12(10)18/h3-5,10,12,14H,6-7H2,1-2H3,(H2,17,24)(H,22,23)/t10?,12-,14?,16?/m1/s1. The summed E-state index contributed by atoms with van der Waals surface area (Å²) in [6.07, 6.45) is 0.688. The zero-order valence-corrected chi connectivity index (χ0v) is 17.5. The van der Waals surface area contributed by atoms with Crippen LogP contribution in [0.4, 0.5) is 9.80 Å². The lowest BCUT2D eigenvalue weighted by molar-refractivity contribution is -0.160. The summed E-state index contributed by atoms with van der Waals surface area (Å²) in [5.74, 6) is -1.75. The lowest BCUT2D eigenvalue weighted by Crippen LogP contribution is -2.75. The smallest absolute Gasteiger partial charge is 0.404 e. The third-order valence-corrected chi connectivity index (χ3v) is 8.90. The van der Waals surface area contributed by atoms with Crippen LogP contribution in [-0.2, 0) is 19.1 Å². The summed E-state index contributed by atoms with van der Waals surface area (Å²) < 4.78 is 4.32. The molecule has 2 fully saturated rings. The molecule has 3 unspecified atom stereocenters. The van der Waals surface area contributed by atoms with Crippen LogP contribution in [0.3, 0.4) is 0 Å². The molecule has 0 saturated carbocycles. The van der Waals surface area contributed by atoms with Crippen molar-refractivity contribution in [2.75, 3.05) is 24.3 Å². The number of thioether (sulfide) groups is 2. The van der Waals surface area contributed by atoms with Gasteiger partial charge >= 0.3 is 12.1 Å². The van der Waals surface area contributed by atoms with E-state index in [9.17, 15) is 24.3 Å².